The quantitative estimate of drug-likeness (QED) is 0.472. The predicted octanol–water partition coefficient (Wildman–Crippen LogP) is 5.63. The number of hydrogen-bond acceptors (Lipinski definition) is 3. The number of carbonyl (C=O) groups is 2. The van der Waals surface area contributed by atoms with Gasteiger partial charge in [0.15, 0.2) is 0 Å². The minimum atomic E-state index is -0.302. The Kier molecular flexibility index (Phi) is 9.59. The highest BCUT2D eigenvalue weighted by Gasteiger charge is 2.24. The Morgan fingerprint density at radius 2 is 1.75 bits per heavy atom. The highest BCUT2D eigenvalue weighted by molar-refractivity contribution is 6.30. The van der Waals surface area contributed by atoms with E-state index in [4.69, 9.17) is 11.6 Å². The van der Waals surface area contributed by atoms with Gasteiger partial charge in [-0.3, -0.25) is 9.69 Å². The molecule has 3 amide bonds. The molecule has 0 bridgehead atoms. The molecule has 0 spiro atoms. The largest absolute Gasteiger partial charge is 0.340 e. The Balaban J connectivity index is 1.28. The number of nitrogens with zero attached hydrogens (tertiary/aromatic N) is 3. The molecule has 4 rings (SSSR count). The lowest BCUT2D eigenvalue weighted by molar-refractivity contribution is -0.133. The minimum absolute atomic E-state index is 0.234. The van der Waals surface area contributed by atoms with Crippen molar-refractivity contribution in [3.8, 4) is 0 Å². The molecule has 1 heterocycles. The molecule has 194 valence electrons. The van der Waals surface area contributed by atoms with Gasteiger partial charge in [-0.05, 0) is 48.2 Å². The van der Waals surface area contributed by atoms with Crippen LogP contribution in [0.4, 0.5) is 14.9 Å². The van der Waals surface area contributed by atoms with Crippen LogP contribution in [0.3, 0.4) is 0 Å². The van der Waals surface area contributed by atoms with Crippen LogP contribution in [0.25, 0.3) is 0 Å². The molecule has 2 aliphatic rings. The zero-order chi connectivity index (χ0) is 25.3. The summed E-state index contributed by atoms with van der Waals surface area (Å²) >= 11 is 6.07. The molecule has 8 heteroatoms. The van der Waals surface area contributed by atoms with Gasteiger partial charge in [-0.25, -0.2) is 9.18 Å². The summed E-state index contributed by atoms with van der Waals surface area (Å²) < 4.78 is 13.4. The fourth-order valence-corrected chi connectivity index (χ4v) is 5.29. The lowest BCUT2D eigenvalue weighted by Crippen LogP contribution is -2.50. The molecular formula is C28H36ClFN4O2. The Hall–Kier alpha value is -2.64. The second kappa shape index (κ2) is 13.1. The Bertz CT molecular complexity index is 1000. The first kappa shape index (κ1) is 26.4. The van der Waals surface area contributed by atoms with Gasteiger partial charge in [0, 0.05) is 62.9 Å². The SMILES string of the molecule is O=C(CCC1CCCC1)N1CCN(CCN(Cc2ccc(F)cc2)C(=O)Nc2cccc(Cl)c2)CC1. The highest BCUT2D eigenvalue weighted by Crippen LogP contribution is 2.28. The molecule has 1 aliphatic heterocycles. The van der Waals surface area contributed by atoms with Crippen molar-refractivity contribution in [2.45, 2.75) is 45.1 Å². The van der Waals surface area contributed by atoms with Crippen LogP contribution in [-0.2, 0) is 11.3 Å². The van der Waals surface area contributed by atoms with E-state index in [-0.39, 0.29) is 17.8 Å². The van der Waals surface area contributed by atoms with Gasteiger partial charge >= 0.3 is 6.03 Å². The molecule has 1 N–H and O–H groups in total. The zero-order valence-corrected chi connectivity index (χ0v) is 21.6. The van der Waals surface area contributed by atoms with Crippen molar-refractivity contribution in [2.24, 2.45) is 5.92 Å². The summed E-state index contributed by atoms with van der Waals surface area (Å²) in [5.74, 6) is 0.713. The number of amides is 3. The Labute approximate surface area is 218 Å². The third-order valence-corrected chi connectivity index (χ3v) is 7.54. The van der Waals surface area contributed by atoms with Gasteiger partial charge in [0.1, 0.15) is 5.82 Å². The van der Waals surface area contributed by atoms with Crippen LogP contribution in [-0.4, -0.2) is 65.9 Å². The summed E-state index contributed by atoms with van der Waals surface area (Å²) in [6.07, 6.45) is 6.87. The number of piperazine rings is 1. The van der Waals surface area contributed by atoms with E-state index in [1.54, 1.807) is 41.3 Å². The second-order valence-electron chi connectivity index (χ2n) is 9.90. The molecule has 2 aromatic carbocycles. The van der Waals surface area contributed by atoms with Crippen molar-refractivity contribution >= 4 is 29.2 Å². The van der Waals surface area contributed by atoms with Gasteiger partial charge in [0.25, 0.3) is 0 Å². The van der Waals surface area contributed by atoms with Crippen LogP contribution in [0, 0.1) is 11.7 Å². The van der Waals surface area contributed by atoms with Crippen LogP contribution in [0.15, 0.2) is 48.5 Å². The van der Waals surface area contributed by atoms with Gasteiger partial charge in [0.05, 0.1) is 0 Å². The fourth-order valence-electron chi connectivity index (χ4n) is 5.10. The summed E-state index contributed by atoms with van der Waals surface area (Å²) in [6.45, 7) is 4.65. The van der Waals surface area contributed by atoms with Crippen molar-refractivity contribution in [1.29, 1.82) is 0 Å². The first-order valence-electron chi connectivity index (χ1n) is 13.0. The monoisotopic (exact) mass is 514 g/mol. The van der Waals surface area contributed by atoms with Gasteiger partial charge in [0.2, 0.25) is 5.91 Å². The standard InChI is InChI=1S/C28H36ClFN4O2/c29-24-6-3-7-26(20-24)31-28(36)34(21-23-8-11-25(30)12-9-23)19-16-32-14-17-33(18-15-32)27(35)13-10-22-4-1-2-5-22/h3,6-9,11-12,20,22H,1-2,4-5,10,13-19,21H2,(H,31,36). The molecular weight excluding hydrogens is 479 g/mol. The van der Waals surface area contributed by atoms with E-state index < -0.39 is 0 Å². The van der Waals surface area contributed by atoms with E-state index in [0.717, 1.165) is 44.1 Å². The maximum absolute atomic E-state index is 13.4. The third-order valence-electron chi connectivity index (χ3n) is 7.30. The molecule has 2 aromatic rings. The number of urea groups is 1. The first-order valence-corrected chi connectivity index (χ1v) is 13.4. The van der Waals surface area contributed by atoms with Crippen molar-refractivity contribution in [2.75, 3.05) is 44.6 Å². The number of hydrogen-bond donors (Lipinski definition) is 1. The fraction of sp³-hybridized carbons (Fsp3) is 0.500. The lowest BCUT2D eigenvalue weighted by atomic mass is 10.0. The predicted molar refractivity (Wildman–Crippen MR) is 141 cm³/mol. The zero-order valence-electron chi connectivity index (χ0n) is 20.8. The average molecular weight is 515 g/mol. The van der Waals surface area contributed by atoms with E-state index in [9.17, 15) is 14.0 Å². The smallest absolute Gasteiger partial charge is 0.322 e. The molecule has 1 aliphatic carbocycles. The second-order valence-corrected chi connectivity index (χ2v) is 10.3. The number of halogens is 2. The Morgan fingerprint density at radius 3 is 2.44 bits per heavy atom. The van der Waals surface area contributed by atoms with Gasteiger partial charge in [-0.1, -0.05) is 55.5 Å². The van der Waals surface area contributed by atoms with E-state index in [1.807, 2.05) is 4.90 Å². The van der Waals surface area contributed by atoms with Crippen molar-refractivity contribution < 1.29 is 14.0 Å². The van der Waals surface area contributed by atoms with Crippen LogP contribution in [0.1, 0.15) is 44.1 Å². The number of anilines is 1. The molecule has 0 atom stereocenters. The number of nitrogens with one attached hydrogen (secondary N) is 1. The van der Waals surface area contributed by atoms with E-state index >= 15 is 0 Å². The lowest BCUT2D eigenvalue weighted by Gasteiger charge is -2.36. The van der Waals surface area contributed by atoms with Gasteiger partial charge < -0.3 is 15.1 Å². The van der Waals surface area contributed by atoms with Gasteiger partial charge in [-0.15, -0.1) is 0 Å². The molecule has 36 heavy (non-hydrogen) atoms. The summed E-state index contributed by atoms with van der Waals surface area (Å²) in [6, 6.07) is 13.0. The normalized spacial score (nSPS) is 16.8. The molecule has 1 saturated heterocycles. The molecule has 6 nitrogen and oxygen atoms in total. The minimum Gasteiger partial charge on any atom is -0.340 e. The summed E-state index contributed by atoms with van der Waals surface area (Å²) in [5, 5.41) is 3.47. The Morgan fingerprint density at radius 1 is 1.03 bits per heavy atom. The topological polar surface area (TPSA) is 55.9 Å². The first-order chi connectivity index (χ1) is 17.5. The van der Waals surface area contributed by atoms with Crippen molar-refractivity contribution in [3.05, 3.63) is 64.9 Å². The average Bonchev–Trinajstić information content (AvgIpc) is 3.40. The molecule has 2 fully saturated rings. The number of rotatable bonds is 9. The molecule has 0 radical (unpaired) electrons. The van der Waals surface area contributed by atoms with E-state index in [0.29, 0.717) is 36.8 Å². The van der Waals surface area contributed by atoms with Crippen molar-refractivity contribution in [3.63, 3.8) is 0 Å². The van der Waals surface area contributed by atoms with Crippen molar-refractivity contribution in [1.82, 2.24) is 14.7 Å². The van der Waals surface area contributed by atoms with Crippen LogP contribution in [0.2, 0.25) is 5.02 Å². The van der Waals surface area contributed by atoms with Crippen LogP contribution in [0.5, 0.6) is 0 Å². The van der Waals surface area contributed by atoms with E-state index in [1.165, 1.54) is 37.8 Å². The maximum Gasteiger partial charge on any atom is 0.322 e. The number of benzene rings is 2. The summed E-state index contributed by atoms with van der Waals surface area (Å²) in [5.41, 5.74) is 1.48. The third kappa shape index (κ3) is 7.93. The van der Waals surface area contributed by atoms with Gasteiger partial charge in [-0.2, -0.15) is 0 Å². The summed E-state index contributed by atoms with van der Waals surface area (Å²) in [4.78, 5) is 31.8. The maximum atomic E-state index is 13.4. The number of carbonyl (C=O) groups excluding carboxylic acids is 2. The van der Waals surface area contributed by atoms with Crippen LogP contribution >= 0.6 is 11.6 Å². The molecule has 0 unspecified atom stereocenters. The molecule has 0 aromatic heterocycles. The van der Waals surface area contributed by atoms with Crippen LogP contribution < -0.4 is 5.32 Å². The molecule has 1 saturated carbocycles. The summed E-state index contributed by atoms with van der Waals surface area (Å²) in [7, 11) is 0. The van der Waals surface area contributed by atoms with E-state index in [2.05, 4.69) is 10.2 Å². The highest BCUT2D eigenvalue weighted by atomic mass is 35.5.